The Kier molecular flexibility index (Phi) is 4.89. The highest BCUT2D eigenvalue weighted by atomic mass is 79.9. The third-order valence-corrected chi connectivity index (χ3v) is 2.89. The second-order valence-corrected chi connectivity index (χ2v) is 4.76. The summed E-state index contributed by atoms with van der Waals surface area (Å²) < 4.78 is 5.96. The van der Waals surface area contributed by atoms with Crippen molar-refractivity contribution in [1.29, 1.82) is 0 Å². The Morgan fingerprint density at radius 1 is 1.30 bits per heavy atom. The minimum absolute atomic E-state index is 0.241. The van der Waals surface area contributed by atoms with Crippen LogP contribution in [-0.4, -0.2) is 23.1 Å². The molecule has 6 nitrogen and oxygen atoms in total. The van der Waals surface area contributed by atoms with E-state index in [9.17, 15) is 4.79 Å². The van der Waals surface area contributed by atoms with Crippen molar-refractivity contribution in [1.82, 2.24) is 15.3 Å². The van der Waals surface area contributed by atoms with E-state index in [1.165, 1.54) is 0 Å². The van der Waals surface area contributed by atoms with Crippen LogP contribution in [-0.2, 0) is 6.54 Å². The van der Waals surface area contributed by atoms with E-state index in [4.69, 9.17) is 4.74 Å². The molecule has 0 saturated carbocycles. The van der Waals surface area contributed by atoms with E-state index in [0.29, 0.717) is 6.54 Å². The van der Waals surface area contributed by atoms with Gasteiger partial charge >= 0.3 is 6.03 Å². The van der Waals surface area contributed by atoms with Gasteiger partial charge in [0.2, 0.25) is 5.95 Å². The van der Waals surface area contributed by atoms with Gasteiger partial charge in [0.05, 0.1) is 11.6 Å². The molecule has 0 aliphatic rings. The first kappa shape index (κ1) is 14.3. The predicted octanol–water partition coefficient (Wildman–Crippen LogP) is 2.57. The molecule has 1 aromatic carbocycles. The monoisotopic (exact) mass is 336 g/mol. The summed E-state index contributed by atoms with van der Waals surface area (Å²) in [5.41, 5.74) is 0.891. The number of nitrogens with one attached hydrogen (secondary N) is 2. The van der Waals surface area contributed by atoms with Crippen molar-refractivity contribution in [3.8, 4) is 5.75 Å². The molecule has 20 heavy (non-hydrogen) atoms. The SMILES string of the molecule is COc1ccccc1CNC(=O)Nc1ncc(Br)cn1. The predicted molar refractivity (Wildman–Crippen MR) is 78.6 cm³/mol. The number of carbonyl (C=O) groups excluding carboxylic acids is 1. The van der Waals surface area contributed by atoms with E-state index in [0.717, 1.165) is 15.8 Å². The summed E-state index contributed by atoms with van der Waals surface area (Å²) in [4.78, 5) is 19.6. The van der Waals surface area contributed by atoms with Crippen LogP contribution in [0.5, 0.6) is 5.75 Å². The Balaban J connectivity index is 1.90. The van der Waals surface area contributed by atoms with E-state index in [1.54, 1.807) is 19.5 Å². The van der Waals surface area contributed by atoms with Gasteiger partial charge in [0.15, 0.2) is 0 Å². The number of para-hydroxylation sites is 1. The molecule has 1 aromatic heterocycles. The normalized spacial score (nSPS) is 9.90. The van der Waals surface area contributed by atoms with Gasteiger partial charge in [-0.25, -0.2) is 14.8 Å². The summed E-state index contributed by atoms with van der Waals surface area (Å²) in [6.45, 7) is 0.354. The summed E-state index contributed by atoms with van der Waals surface area (Å²) in [6.07, 6.45) is 3.12. The molecule has 0 saturated heterocycles. The van der Waals surface area contributed by atoms with Crippen LogP contribution < -0.4 is 15.4 Å². The smallest absolute Gasteiger partial charge is 0.321 e. The zero-order valence-electron chi connectivity index (χ0n) is 10.8. The molecule has 1 heterocycles. The minimum atomic E-state index is -0.377. The molecule has 2 amide bonds. The number of halogens is 1. The zero-order valence-corrected chi connectivity index (χ0v) is 12.3. The maximum absolute atomic E-state index is 11.7. The average Bonchev–Trinajstić information content (AvgIpc) is 2.48. The van der Waals surface area contributed by atoms with Gasteiger partial charge < -0.3 is 10.1 Å². The maximum Gasteiger partial charge on any atom is 0.321 e. The van der Waals surface area contributed by atoms with Crippen LogP contribution in [0.2, 0.25) is 0 Å². The molecule has 7 heteroatoms. The van der Waals surface area contributed by atoms with E-state index in [-0.39, 0.29) is 12.0 Å². The van der Waals surface area contributed by atoms with Crippen molar-refractivity contribution in [2.75, 3.05) is 12.4 Å². The molecule has 0 aliphatic heterocycles. The van der Waals surface area contributed by atoms with Crippen LogP contribution in [0.3, 0.4) is 0 Å². The minimum Gasteiger partial charge on any atom is -0.496 e. The summed E-state index contributed by atoms with van der Waals surface area (Å²) in [6, 6.07) is 7.10. The first-order chi connectivity index (χ1) is 9.69. The Hall–Kier alpha value is -2.15. The summed E-state index contributed by atoms with van der Waals surface area (Å²) in [5, 5.41) is 5.26. The van der Waals surface area contributed by atoms with Crippen LogP contribution >= 0.6 is 15.9 Å². The molecule has 2 N–H and O–H groups in total. The molecule has 0 fully saturated rings. The number of hydrogen-bond acceptors (Lipinski definition) is 4. The summed E-state index contributed by atoms with van der Waals surface area (Å²) in [5.74, 6) is 0.971. The fraction of sp³-hybridized carbons (Fsp3) is 0.154. The average molecular weight is 337 g/mol. The van der Waals surface area contributed by atoms with Gasteiger partial charge in [-0.1, -0.05) is 18.2 Å². The van der Waals surface area contributed by atoms with Crippen molar-refractivity contribution in [3.63, 3.8) is 0 Å². The van der Waals surface area contributed by atoms with Gasteiger partial charge in [0, 0.05) is 24.5 Å². The maximum atomic E-state index is 11.7. The molecule has 2 aromatic rings. The van der Waals surface area contributed by atoms with Gasteiger partial charge in [-0.2, -0.15) is 0 Å². The topological polar surface area (TPSA) is 76.1 Å². The van der Waals surface area contributed by atoms with Crippen molar-refractivity contribution >= 4 is 27.9 Å². The van der Waals surface area contributed by atoms with Crippen LogP contribution in [0.4, 0.5) is 10.7 Å². The van der Waals surface area contributed by atoms with Crippen molar-refractivity contribution in [2.24, 2.45) is 0 Å². The van der Waals surface area contributed by atoms with Gasteiger partial charge in [0.1, 0.15) is 5.75 Å². The number of amides is 2. The number of aromatic nitrogens is 2. The number of ether oxygens (including phenoxy) is 1. The van der Waals surface area contributed by atoms with E-state index >= 15 is 0 Å². The second-order valence-electron chi connectivity index (χ2n) is 3.84. The van der Waals surface area contributed by atoms with Crippen molar-refractivity contribution < 1.29 is 9.53 Å². The Labute approximate surface area is 124 Å². The molecular weight excluding hydrogens is 324 g/mol. The number of urea groups is 1. The Morgan fingerprint density at radius 2 is 2.00 bits per heavy atom. The zero-order chi connectivity index (χ0) is 14.4. The fourth-order valence-electron chi connectivity index (χ4n) is 1.55. The van der Waals surface area contributed by atoms with Crippen molar-refractivity contribution in [2.45, 2.75) is 6.54 Å². The number of anilines is 1. The van der Waals surface area contributed by atoms with Crippen LogP contribution in [0.25, 0.3) is 0 Å². The lowest BCUT2D eigenvalue weighted by Crippen LogP contribution is -2.29. The lowest BCUT2D eigenvalue weighted by Gasteiger charge is -2.09. The third kappa shape index (κ3) is 3.92. The highest BCUT2D eigenvalue weighted by Gasteiger charge is 2.06. The second kappa shape index (κ2) is 6.85. The quantitative estimate of drug-likeness (QED) is 0.899. The van der Waals surface area contributed by atoms with E-state index < -0.39 is 0 Å². The molecule has 104 valence electrons. The summed E-state index contributed by atoms with van der Waals surface area (Å²) >= 11 is 3.22. The van der Waals surface area contributed by atoms with Crippen molar-refractivity contribution in [3.05, 3.63) is 46.7 Å². The standard InChI is InChI=1S/C13H13BrN4O2/c1-20-11-5-3-2-4-9(11)6-17-13(19)18-12-15-7-10(14)8-16-12/h2-5,7-8H,6H2,1H3,(H2,15,16,17,18,19). The number of nitrogens with zero attached hydrogens (tertiary/aromatic N) is 2. The molecule has 2 rings (SSSR count). The number of carbonyl (C=O) groups is 1. The Morgan fingerprint density at radius 3 is 2.70 bits per heavy atom. The number of methoxy groups -OCH3 is 1. The van der Waals surface area contributed by atoms with Crippen LogP contribution in [0, 0.1) is 0 Å². The Bertz CT molecular complexity index is 589. The fourth-order valence-corrected chi connectivity index (χ4v) is 1.75. The van der Waals surface area contributed by atoms with E-state index in [2.05, 4.69) is 36.5 Å². The molecule has 0 unspecified atom stereocenters. The van der Waals surface area contributed by atoms with Crippen LogP contribution in [0.15, 0.2) is 41.1 Å². The lowest BCUT2D eigenvalue weighted by molar-refractivity contribution is 0.251. The lowest BCUT2D eigenvalue weighted by atomic mass is 10.2. The van der Waals surface area contributed by atoms with Gasteiger partial charge in [-0.3, -0.25) is 5.32 Å². The highest BCUT2D eigenvalue weighted by Crippen LogP contribution is 2.16. The third-order valence-electron chi connectivity index (χ3n) is 2.48. The highest BCUT2D eigenvalue weighted by molar-refractivity contribution is 9.10. The first-order valence-corrected chi connectivity index (χ1v) is 6.62. The van der Waals surface area contributed by atoms with Gasteiger partial charge in [-0.15, -0.1) is 0 Å². The summed E-state index contributed by atoms with van der Waals surface area (Å²) in [7, 11) is 1.59. The molecular formula is C13H13BrN4O2. The molecule has 0 spiro atoms. The van der Waals surface area contributed by atoms with E-state index in [1.807, 2.05) is 24.3 Å². The largest absolute Gasteiger partial charge is 0.496 e. The van der Waals surface area contributed by atoms with Gasteiger partial charge in [0.25, 0.3) is 0 Å². The number of benzene rings is 1. The molecule has 0 atom stereocenters. The number of hydrogen-bond donors (Lipinski definition) is 2. The molecule has 0 radical (unpaired) electrons. The molecule has 0 bridgehead atoms. The first-order valence-electron chi connectivity index (χ1n) is 5.83. The molecule has 0 aliphatic carbocycles. The van der Waals surface area contributed by atoms with Crippen LogP contribution in [0.1, 0.15) is 5.56 Å². The number of rotatable bonds is 4. The van der Waals surface area contributed by atoms with Gasteiger partial charge in [-0.05, 0) is 22.0 Å².